The lowest BCUT2D eigenvalue weighted by molar-refractivity contribution is 0.190. The largest absolute Gasteiger partial charge is 0.394 e. The van der Waals surface area contributed by atoms with Crippen LogP contribution in [0, 0.1) is 19.8 Å². The average molecular weight is 308 g/mol. The Morgan fingerprint density at radius 1 is 1.23 bits per heavy atom. The molecule has 5 heteroatoms. The highest BCUT2D eigenvalue weighted by molar-refractivity contribution is 5.24. The van der Waals surface area contributed by atoms with Gasteiger partial charge >= 0.3 is 0 Å². The second-order valence-electron chi connectivity index (χ2n) is 6.65. The van der Waals surface area contributed by atoms with E-state index in [4.69, 9.17) is 5.11 Å². The summed E-state index contributed by atoms with van der Waals surface area (Å²) in [7, 11) is 0. The molecule has 1 aliphatic rings. The van der Waals surface area contributed by atoms with E-state index in [-0.39, 0.29) is 6.61 Å². The topological polar surface area (TPSA) is 53.3 Å². The van der Waals surface area contributed by atoms with Crippen LogP contribution in [0.4, 0.5) is 0 Å². The highest BCUT2D eigenvalue weighted by atomic mass is 16.3. The van der Waals surface area contributed by atoms with Gasteiger partial charge in [0.25, 0.3) is 0 Å². The Balaban J connectivity index is 1.66. The third-order valence-corrected chi connectivity index (χ3v) is 4.85. The van der Waals surface area contributed by atoms with Crippen LogP contribution < -0.4 is 5.32 Å². The molecule has 22 heavy (non-hydrogen) atoms. The molecule has 2 N–H and O–H groups in total. The lowest BCUT2D eigenvalue weighted by Crippen LogP contribution is -2.34. The molecule has 0 aromatic carbocycles. The van der Waals surface area contributed by atoms with Crippen molar-refractivity contribution in [3.63, 3.8) is 0 Å². The maximum Gasteiger partial charge on any atom is 0.0644 e. The lowest BCUT2D eigenvalue weighted by Gasteiger charge is -2.30. The average Bonchev–Trinajstić information content (AvgIpc) is 2.76. The molecule has 2 heterocycles. The van der Waals surface area contributed by atoms with Crippen molar-refractivity contribution in [1.82, 2.24) is 20.0 Å². The van der Waals surface area contributed by atoms with E-state index < -0.39 is 0 Å². The van der Waals surface area contributed by atoms with Crippen molar-refractivity contribution in [3.8, 4) is 0 Å². The summed E-state index contributed by atoms with van der Waals surface area (Å²) < 4.78 is 1.90. The van der Waals surface area contributed by atoms with Gasteiger partial charge in [-0.3, -0.25) is 4.68 Å². The van der Waals surface area contributed by atoms with Crippen LogP contribution in [0.1, 0.15) is 43.1 Å². The van der Waals surface area contributed by atoms with Crippen molar-refractivity contribution in [1.29, 1.82) is 0 Å². The molecule has 0 bridgehead atoms. The van der Waals surface area contributed by atoms with Crippen molar-refractivity contribution in [3.05, 3.63) is 17.0 Å². The molecule has 1 aliphatic heterocycles. The van der Waals surface area contributed by atoms with Gasteiger partial charge in [-0.2, -0.15) is 5.10 Å². The molecule has 0 atom stereocenters. The van der Waals surface area contributed by atoms with E-state index in [1.54, 1.807) is 0 Å². The number of hydrogen-bond donors (Lipinski definition) is 2. The lowest BCUT2D eigenvalue weighted by atomic mass is 9.99. The van der Waals surface area contributed by atoms with E-state index in [1.165, 1.54) is 50.2 Å². The fourth-order valence-corrected chi connectivity index (χ4v) is 3.23. The quantitative estimate of drug-likeness (QED) is 0.718. The molecule has 1 aromatic rings. The Labute approximate surface area is 134 Å². The minimum Gasteiger partial charge on any atom is -0.394 e. The fraction of sp³-hybridized carbons (Fsp3) is 0.824. The highest BCUT2D eigenvalue weighted by Crippen LogP contribution is 2.16. The first kappa shape index (κ1) is 17.4. The number of hydrogen-bond acceptors (Lipinski definition) is 4. The summed E-state index contributed by atoms with van der Waals surface area (Å²) in [5.41, 5.74) is 3.52. The zero-order valence-electron chi connectivity index (χ0n) is 14.4. The van der Waals surface area contributed by atoms with Gasteiger partial charge in [-0.1, -0.05) is 6.92 Å². The molecular formula is C17H32N4O. The fourth-order valence-electron chi connectivity index (χ4n) is 3.23. The number of likely N-dealkylation sites (tertiary alicyclic amines) is 1. The molecule has 1 fully saturated rings. The summed E-state index contributed by atoms with van der Waals surface area (Å²) in [5.74, 6) is 0.913. The summed E-state index contributed by atoms with van der Waals surface area (Å²) in [4.78, 5) is 2.59. The number of aliphatic hydroxyl groups is 1. The van der Waals surface area contributed by atoms with Gasteiger partial charge in [0.2, 0.25) is 0 Å². The van der Waals surface area contributed by atoms with E-state index in [0.717, 1.165) is 24.7 Å². The smallest absolute Gasteiger partial charge is 0.0644 e. The summed E-state index contributed by atoms with van der Waals surface area (Å²) in [6.45, 7) is 12.9. The van der Waals surface area contributed by atoms with Crippen molar-refractivity contribution in [2.45, 2.75) is 53.1 Å². The molecule has 0 saturated carbocycles. The summed E-state index contributed by atoms with van der Waals surface area (Å²) in [6, 6.07) is 0. The zero-order valence-corrected chi connectivity index (χ0v) is 14.4. The molecule has 1 aromatic heterocycles. The second kappa shape index (κ2) is 8.65. The normalized spacial score (nSPS) is 17.3. The first-order valence-electron chi connectivity index (χ1n) is 8.68. The molecule has 126 valence electrons. The zero-order chi connectivity index (χ0) is 15.9. The molecule has 0 unspecified atom stereocenters. The number of aryl methyl sites for hydroxylation is 1. The molecule has 0 amide bonds. The standard InChI is InChI=1S/C17H32N4O/c1-14-5-9-20(10-6-14)8-4-7-18-13-17-15(2)19-21(11-12-22)16(17)3/h14,18,22H,4-13H2,1-3H3. The Kier molecular flexibility index (Phi) is 6.86. The number of piperidine rings is 1. The van der Waals surface area contributed by atoms with Crippen molar-refractivity contribution in [2.75, 3.05) is 32.8 Å². The van der Waals surface area contributed by atoms with Crippen LogP contribution in [0.25, 0.3) is 0 Å². The van der Waals surface area contributed by atoms with E-state index in [1.807, 2.05) is 11.6 Å². The molecule has 5 nitrogen and oxygen atoms in total. The maximum atomic E-state index is 9.05. The van der Waals surface area contributed by atoms with Crippen LogP contribution in [0.5, 0.6) is 0 Å². The van der Waals surface area contributed by atoms with Crippen molar-refractivity contribution < 1.29 is 5.11 Å². The van der Waals surface area contributed by atoms with Crippen LogP contribution in [0.3, 0.4) is 0 Å². The Hall–Kier alpha value is -0.910. The maximum absolute atomic E-state index is 9.05. The van der Waals surface area contributed by atoms with Gasteiger partial charge in [0.05, 0.1) is 18.8 Å². The van der Waals surface area contributed by atoms with E-state index in [0.29, 0.717) is 6.54 Å². The predicted molar refractivity (Wildman–Crippen MR) is 89.9 cm³/mol. The Bertz CT molecular complexity index is 450. The number of nitrogens with one attached hydrogen (secondary N) is 1. The minimum atomic E-state index is 0.142. The van der Waals surface area contributed by atoms with Gasteiger partial charge in [0, 0.05) is 17.8 Å². The third-order valence-electron chi connectivity index (χ3n) is 4.85. The molecule has 0 aliphatic carbocycles. The van der Waals surface area contributed by atoms with Crippen LogP contribution in [-0.4, -0.2) is 52.6 Å². The molecular weight excluding hydrogens is 276 g/mol. The van der Waals surface area contributed by atoms with Gasteiger partial charge in [0.1, 0.15) is 0 Å². The monoisotopic (exact) mass is 308 g/mol. The van der Waals surface area contributed by atoms with Gasteiger partial charge in [-0.15, -0.1) is 0 Å². The second-order valence-corrected chi connectivity index (χ2v) is 6.65. The Morgan fingerprint density at radius 3 is 2.64 bits per heavy atom. The number of rotatable bonds is 8. The predicted octanol–water partition coefficient (Wildman–Crippen LogP) is 1.70. The van der Waals surface area contributed by atoms with Gasteiger partial charge in [-0.05, 0) is 65.2 Å². The molecule has 1 saturated heterocycles. The molecule has 0 spiro atoms. The SMILES string of the molecule is Cc1nn(CCO)c(C)c1CNCCCN1CCC(C)CC1. The number of aliphatic hydroxyl groups excluding tert-OH is 1. The summed E-state index contributed by atoms with van der Waals surface area (Å²) in [5, 5.41) is 17.1. The van der Waals surface area contributed by atoms with Crippen molar-refractivity contribution in [2.24, 2.45) is 5.92 Å². The van der Waals surface area contributed by atoms with Gasteiger partial charge in [-0.25, -0.2) is 0 Å². The highest BCUT2D eigenvalue weighted by Gasteiger charge is 2.15. The van der Waals surface area contributed by atoms with Crippen LogP contribution in [-0.2, 0) is 13.1 Å². The first-order valence-corrected chi connectivity index (χ1v) is 8.68. The van der Waals surface area contributed by atoms with E-state index >= 15 is 0 Å². The number of aromatic nitrogens is 2. The van der Waals surface area contributed by atoms with E-state index in [2.05, 4.69) is 29.2 Å². The summed E-state index contributed by atoms with van der Waals surface area (Å²) >= 11 is 0. The van der Waals surface area contributed by atoms with Gasteiger partial charge in [0.15, 0.2) is 0 Å². The third kappa shape index (κ3) is 4.80. The van der Waals surface area contributed by atoms with Crippen LogP contribution in [0.15, 0.2) is 0 Å². The van der Waals surface area contributed by atoms with Crippen molar-refractivity contribution >= 4 is 0 Å². The minimum absolute atomic E-state index is 0.142. The molecule has 0 radical (unpaired) electrons. The number of nitrogens with zero attached hydrogens (tertiary/aromatic N) is 3. The first-order chi connectivity index (χ1) is 10.6. The van der Waals surface area contributed by atoms with Gasteiger partial charge < -0.3 is 15.3 Å². The molecule has 2 rings (SSSR count). The van der Waals surface area contributed by atoms with E-state index in [9.17, 15) is 0 Å². The Morgan fingerprint density at radius 2 is 1.95 bits per heavy atom. The van der Waals surface area contributed by atoms with Crippen LogP contribution in [0.2, 0.25) is 0 Å². The van der Waals surface area contributed by atoms with Crippen LogP contribution >= 0.6 is 0 Å². The summed E-state index contributed by atoms with van der Waals surface area (Å²) in [6.07, 6.45) is 3.92.